The lowest BCUT2D eigenvalue weighted by atomic mass is 10.1. The van der Waals surface area contributed by atoms with Crippen LogP contribution in [0.25, 0.3) is 0 Å². The monoisotopic (exact) mass is 144 g/mol. The molecule has 0 radical (unpaired) electrons. The number of rotatable bonds is 0. The normalized spacial score (nSPS) is 42.7. The van der Waals surface area contributed by atoms with Crippen molar-refractivity contribution in [1.29, 1.82) is 0 Å². The van der Waals surface area contributed by atoms with E-state index in [2.05, 4.69) is 11.8 Å². The van der Waals surface area contributed by atoms with Crippen LogP contribution in [0.4, 0.5) is 0 Å². The lowest BCUT2D eigenvalue weighted by molar-refractivity contribution is 0.0770. The van der Waals surface area contributed by atoms with Crippen molar-refractivity contribution < 1.29 is 4.74 Å². The molecular weight excluding hydrogens is 132 g/mol. The SMILES string of the molecule is C1CC2CCC(CS2)O1. The first-order valence-corrected chi connectivity index (χ1v) is 4.73. The Morgan fingerprint density at radius 3 is 3.00 bits per heavy atom. The third-order valence-corrected chi connectivity index (χ3v) is 3.63. The molecule has 3 aliphatic heterocycles. The number of hydrogen-bond acceptors (Lipinski definition) is 2. The summed E-state index contributed by atoms with van der Waals surface area (Å²) in [6.07, 6.45) is 4.61. The van der Waals surface area contributed by atoms with Gasteiger partial charge in [-0.2, -0.15) is 11.8 Å². The third kappa shape index (κ3) is 1.24. The van der Waals surface area contributed by atoms with Crippen LogP contribution in [0.2, 0.25) is 0 Å². The van der Waals surface area contributed by atoms with Crippen molar-refractivity contribution in [1.82, 2.24) is 0 Å². The lowest BCUT2D eigenvalue weighted by Crippen LogP contribution is -2.18. The van der Waals surface area contributed by atoms with E-state index in [4.69, 9.17) is 4.74 Å². The fraction of sp³-hybridized carbons (Fsp3) is 1.00. The second-order valence-electron chi connectivity index (χ2n) is 2.81. The Hall–Kier alpha value is 0.310. The quantitative estimate of drug-likeness (QED) is 0.511. The standard InChI is InChI=1S/C7H12OS/c1-2-7-3-4-8-6(1)5-9-7/h6-7H,1-5H2. The molecular formula is C7H12OS. The van der Waals surface area contributed by atoms with Crippen LogP contribution in [0.5, 0.6) is 0 Å². The Morgan fingerprint density at radius 1 is 1.22 bits per heavy atom. The number of ether oxygens (including phenoxy) is 1. The molecule has 0 aliphatic carbocycles. The molecule has 0 aromatic rings. The summed E-state index contributed by atoms with van der Waals surface area (Å²) in [6, 6.07) is 0. The molecule has 0 aromatic carbocycles. The minimum absolute atomic E-state index is 0.605. The smallest absolute Gasteiger partial charge is 0.0666 e. The summed E-state index contributed by atoms with van der Waals surface area (Å²) in [5.41, 5.74) is 0. The highest BCUT2D eigenvalue weighted by Gasteiger charge is 2.25. The van der Waals surface area contributed by atoms with Gasteiger partial charge in [-0.15, -0.1) is 0 Å². The zero-order valence-electron chi connectivity index (χ0n) is 5.51. The van der Waals surface area contributed by atoms with Gasteiger partial charge in [0.2, 0.25) is 0 Å². The van der Waals surface area contributed by atoms with E-state index in [0.717, 1.165) is 11.9 Å². The highest BCUT2D eigenvalue weighted by atomic mass is 32.2. The molecule has 0 spiro atoms. The molecule has 2 heteroatoms. The van der Waals surface area contributed by atoms with E-state index in [1.165, 1.54) is 25.0 Å². The number of hydrogen-bond donors (Lipinski definition) is 0. The van der Waals surface area contributed by atoms with E-state index < -0.39 is 0 Å². The van der Waals surface area contributed by atoms with Gasteiger partial charge < -0.3 is 4.74 Å². The van der Waals surface area contributed by atoms with E-state index in [9.17, 15) is 0 Å². The van der Waals surface area contributed by atoms with Crippen LogP contribution in [0.15, 0.2) is 0 Å². The van der Waals surface area contributed by atoms with Crippen molar-refractivity contribution in [2.75, 3.05) is 12.4 Å². The van der Waals surface area contributed by atoms with Crippen LogP contribution >= 0.6 is 11.8 Å². The molecule has 2 unspecified atom stereocenters. The van der Waals surface area contributed by atoms with Gasteiger partial charge in [0.1, 0.15) is 0 Å². The van der Waals surface area contributed by atoms with Crippen molar-refractivity contribution in [3.8, 4) is 0 Å². The van der Waals surface area contributed by atoms with E-state index in [0.29, 0.717) is 6.10 Å². The number of thioether (sulfide) groups is 1. The predicted molar refractivity (Wildman–Crippen MR) is 39.8 cm³/mol. The van der Waals surface area contributed by atoms with Crippen LogP contribution in [0.3, 0.4) is 0 Å². The summed E-state index contributed by atoms with van der Waals surface area (Å²) in [7, 11) is 0. The molecule has 3 rings (SSSR count). The number of fused-ring (bicyclic) bond motifs is 4. The fourth-order valence-corrected chi connectivity index (χ4v) is 2.82. The van der Waals surface area contributed by atoms with Crippen molar-refractivity contribution in [2.24, 2.45) is 0 Å². The average Bonchev–Trinajstić information content (AvgIpc) is 2.21. The highest BCUT2D eigenvalue weighted by Crippen LogP contribution is 2.32. The van der Waals surface area contributed by atoms with Gasteiger partial charge in [-0.05, 0) is 19.3 Å². The van der Waals surface area contributed by atoms with Crippen molar-refractivity contribution in [3.05, 3.63) is 0 Å². The third-order valence-electron chi connectivity index (χ3n) is 2.12. The van der Waals surface area contributed by atoms with Gasteiger partial charge in [0, 0.05) is 17.6 Å². The maximum Gasteiger partial charge on any atom is 0.0666 e. The molecule has 0 N–H and O–H groups in total. The summed E-state index contributed by atoms with van der Waals surface area (Å²) in [5.74, 6) is 1.25. The zero-order valence-corrected chi connectivity index (χ0v) is 6.32. The Bertz CT molecular complexity index is 79.6. The van der Waals surface area contributed by atoms with Gasteiger partial charge in [0.05, 0.1) is 6.10 Å². The summed E-state index contributed by atoms with van der Waals surface area (Å²) >= 11 is 2.11. The predicted octanol–water partition coefficient (Wildman–Crippen LogP) is 1.67. The fourth-order valence-electron chi connectivity index (χ4n) is 1.51. The van der Waals surface area contributed by atoms with Gasteiger partial charge >= 0.3 is 0 Å². The Labute approximate surface area is 60.2 Å². The summed E-state index contributed by atoms with van der Waals surface area (Å²) in [6.45, 7) is 1.02. The van der Waals surface area contributed by atoms with E-state index in [1.807, 2.05) is 0 Å². The average molecular weight is 144 g/mol. The maximum absolute atomic E-state index is 5.57. The minimum atomic E-state index is 0.605. The molecule has 0 aromatic heterocycles. The van der Waals surface area contributed by atoms with E-state index in [1.54, 1.807) is 0 Å². The van der Waals surface area contributed by atoms with Crippen LogP contribution in [0, 0.1) is 0 Å². The van der Waals surface area contributed by atoms with Crippen LogP contribution in [-0.4, -0.2) is 23.7 Å². The summed E-state index contributed by atoms with van der Waals surface area (Å²) in [5, 5.41) is 0.934. The van der Waals surface area contributed by atoms with Crippen LogP contribution in [0.1, 0.15) is 19.3 Å². The lowest BCUT2D eigenvalue weighted by Gasteiger charge is -2.20. The first kappa shape index (κ1) is 6.05. The molecule has 3 saturated heterocycles. The van der Waals surface area contributed by atoms with Gasteiger partial charge in [0.25, 0.3) is 0 Å². The zero-order chi connectivity index (χ0) is 6.10. The first-order valence-electron chi connectivity index (χ1n) is 3.68. The molecule has 2 atom stereocenters. The van der Waals surface area contributed by atoms with E-state index in [-0.39, 0.29) is 0 Å². The van der Waals surface area contributed by atoms with Gasteiger partial charge in [-0.25, -0.2) is 0 Å². The van der Waals surface area contributed by atoms with Crippen molar-refractivity contribution in [3.63, 3.8) is 0 Å². The second kappa shape index (κ2) is 2.51. The van der Waals surface area contributed by atoms with Crippen molar-refractivity contribution >= 4 is 11.8 Å². The molecule has 52 valence electrons. The highest BCUT2D eigenvalue weighted by molar-refractivity contribution is 8.00. The molecule has 3 fully saturated rings. The second-order valence-corrected chi connectivity index (χ2v) is 4.15. The Balaban J connectivity index is 2.03. The first-order chi connectivity index (χ1) is 4.45. The van der Waals surface area contributed by atoms with Gasteiger partial charge in [-0.3, -0.25) is 0 Å². The molecule has 1 nitrogen and oxygen atoms in total. The Morgan fingerprint density at radius 2 is 2.22 bits per heavy atom. The Kier molecular flexibility index (Phi) is 1.68. The molecule has 2 bridgehead atoms. The summed E-state index contributed by atoms with van der Waals surface area (Å²) < 4.78 is 5.57. The summed E-state index contributed by atoms with van der Waals surface area (Å²) in [4.78, 5) is 0. The molecule has 9 heavy (non-hydrogen) atoms. The van der Waals surface area contributed by atoms with Crippen molar-refractivity contribution in [2.45, 2.75) is 30.6 Å². The topological polar surface area (TPSA) is 9.23 Å². The molecule has 0 amide bonds. The molecule has 3 aliphatic rings. The largest absolute Gasteiger partial charge is 0.377 e. The maximum atomic E-state index is 5.57. The van der Waals surface area contributed by atoms with Crippen LogP contribution < -0.4 is 0 Å². The van der Waals surface area contributed by atoms with E-state index >= 15 is 0 Å². The minimum Gasteiger partial charge on any atom is -0.377 e. The molecule has 0 saturated carbocycles. The molecule has 3 heterocycles. The van der Waals surface area contributed by atoms with Gasteiger partial charge in [0.15, 0.2) is 0 Å². The van der Waals surface area contributed by atoms with Gasteiger partial charge in [-0.1, -0.05) is 0 Å². The van der Waals surface area contributed by atoms with Crippen LogP contribution in [-0.2, 0) is 4.74 Å².